The summed E-state index contributed by atoms with van der Waals surface area (Å²) in [4.78, 5) is 12.2. The van der Waals surface area contributed by atoms with Crippen molar-refractivity contribution in [3.63, 3.8) is 0 Å². The number of hydrogen-bond donors (Lipinski definition) is 0. The van der Waals surface area contributed by atoms with Crippen LogP contribution in [0.4, 0.5) is 0 Å². The molecule has 8 nitrogen and oxygen atoms in total. The van der Waals surface area contributed by atoms with Crippen molar-refractivity contribution in [1.82, 2.24) is 23.8 Å². The van der Waals surface area contributed by atoms with Gasteiger partial charge in [0.1, 0.15) is 0 Å². The molecule has 1 fully saturated rings. The Morgan fingerprint density at radius 1 is 1.35 bits per heavy atom. The fourth-order valence-electron chi connectivity index (χ4n) is 2.60. The fraction of sp³-hybridized carbons (Fsp3) is 0.500. The standard InChI is InChI=1S/C14H19N5O3S/c1-18-9-14(17-11-18)23(20,21)19-6-7-22-10-13(19)3-2-12-8-15-4-5-16-12/h4-5,8-9,11,13H,2-3,6-7,10H2,1H3/t13-/m0/s1. The normalized spacial score (nSPS) is 19.8. The lowest BCUT2D eigenvalue weighted by Crippen LogP contribution is -2.48. The molecule has 124 valence electrons. The highest BCUT2D eigenvalue weighted by Gasteiger charge is 2.35. The molecule has 23 heavy (non-hydrogen) atoms. The van der Waals surface area contributed by atoms with Gasteiger partial charge in [-0.3, -0.25) is 9.97 Å². The van der Waals surface area contributed by atoms with Gasteiger partial charge in [-0.05, 0) is 12.8 Å². The van der Waals surface area contributed by atoms with Crippen molar-refractivity contribution < 1.29 is 13.2 Å². The van der Waals surface area contributed by atoms with E-state index in [2.05, 4.69) is 15.0 Å². The molecule has 9 heteroatoms. The second-order valence-corrected chi connectivity index (χ2v) is 7.29. The monoisotopic (exact) mass is 337 g/mol. The minimum absolute atomic E-state index is 0.0754. The van der Waals surface area contributed by atoms with Crippen molar-refractivity contribution in [3.05, 3.63) is 36.8 Å². The number of rotatable bonds is 5. The van der Waals surface area contributed by atoms with E-state index < -0.39 is 10.0 Å². The average molecular weight is 337 g/mol. The maximum Gasteiger partial charge on any atom is 0.262 e. The van der Waals surface area contributed by atoms with Crippen LogP contribution in [-0.2, 0) is 28.2 Å². The van der Waals surface area contributed by atoms with Gasteiger partial charge >= 0.3 is 0 Å². The van der Waals surface area contributed by atoms with E-state index in [9.17, 15) is 8.42 Å². The molecule has 0 spiro atoms. The first-order chi connectivity index (χ1) is 11.1. The molecule has 0 radical (unpaired) electrons. The second-order valence-electron chi connectivity index (χ2n) is 5.46. The first-order valence-corrected chi connectivity index (χ1v) is 8.84. The molecule has 2 aromatic rings. The molecule has 0 aliphatic carbocycles. The van der Waals surface area contributed by atoms with Crippen LogP contribution in [0.1, 0.15) is 12.1 Å². The fourth-order valence-corrected chi connectivity index (χ4v) is 4.19. The van der Waals surface area contributed by atoms with Crippen LogP contribution in [0, 0.1) is 0 Å². The van der Waals surface area contributed by atoms with E-state index in [1.807, 2.05) is 0 Å². The lowest BCUT2D eigenvalue weighted by Gasteiger charge is -2.34. The number of nitrogens with zero attached hydrogens (tertiary/aromatic N) is 5. The minimum Gasteiger partial charge on any atom is -0.378 e. The lowest BCUT2D eigenvalue weighted by atomic mass is 10.1. The van der Waals surface area contributed by atoms with Crippen molar-refractivity contribution in [3.8, 4) is 0 Å². The van der Waals surface area contributed by atoms with E-state index in [4.69, 9.17) is 4.74 Å². The third-order valence-corrected chi connectivity index (χ3v) is 5.62. The molecule has 0 bridgehead atoms. The van der Waals surface area contributed by atoms with Crippen molar-refractivity contribution in [2.24, 2.45) is 7.05 Å². The molecule has 0 saturated carbocycles. The van der Waals surface area contributed by atoms with Gasteiger partial charge in [0, 0.05) is 44.4 Å². The van der Waals surface area contributed by atoms with Gasteiger partial charge < -0.3 is 9.30 Å². The summed E-state index contributed by atoms with van der Waals surface area (Å²) >= 11 is 0. The molecular formula is C14H19N5O3S. The molecule has 1 saturated heterocycles. The first-order valence-electron chi connectivity index (χ1n) is 7.40. The van der Waals surface area contributed by atoms with Gasteiger partial charge in [-0.2, -0.15) is 4.31 Å². The summed E-state index contributed by atoms with van der Waals surface area (Å²) < 4.78 is 34.2. The highest BCUT2D eigenvalue weighted by atomic mass is 32.2. The molecule has 0 aromatic carbocycles. The van der Waals surface area contributed by atoms with Crippen LogP contribution in [0.25, 0.3) is 0 Å². The van der Waals surface area contributed by atoms with Crippen molar-refractivity contribution in [1.29, 1.82) is 0 Å². The van der Waals surface area contributed by atoms with E-state index >= 15 is 0 Å². The second kappa shape index (κ2) is 6.73. The zero-order valence-electron chi connectivity index (χ0n) is 12.9. The van der Waals surface area contributed by atoms with Crippen LogP contribution in [0.2, 0.25) is 0 Å². The predicted molar refractivity (Wildman–Crippen MR) is 82.1 cm³/mol. The van der Waals surface area contributed by atoms with Crippen LogP contribution < -0.4 is 0 Å². The topological polar surface area (TPSA) is 90.2 Å². The molecule has 0 unspecified atom stereocenters. The third-order valence-electron chi connectivity index (χ3n) is 3.78. The number of ether oxygens (including phenoxy) is 1. The molecule has 3 heterocycles. The molecule has 0 amide bonds. The van der Waals surface area contributed by atoms with Crippen molar-refractivity contribution >= 4 is 10.0 Å². The molecule has 1 aliphatic heterocycles. The zero-order chi connectivity index (χ0) is 16.3. The van der Waals surface area contributed by atoms with Crippen molar-refractivity contribution in [2.75, 3.05) is 19.8 Å². The number of imidazole rings is 1. The molecular weight excluding hydrogens is 318 g/mol. The Morgan fingerprint density at radius 3 is 2.91 bits per heavy atom. The Balaban J connectivity index is 1.76. The van der Waals surface area contributed by atoms with Crippen molar-refractivity contribution in [2.45, 2.75) is 23.9 Å². The van der Waals surface area contributed by atoms with E-state index in [0.717, 1.165) is 5.69 Å². The number of hydrogen-bond acceptors (Lipinski definition) is 6. The minimum atomic E-state index is -3.61. The summed E-state index contributed by atoms with van der Waals surface area (Å²) in [6.07, 6.45) is 9.23. The average Bonchev–Trinajstić information content (AvgIpc) is 3.01. The Hall–Kier alpha value is -1.84. The smallest absolute Gasteiger partial charge is 0.262 e. The first kappa shape index (κ1) is 16.0. The molecule has 1 aliphatic rings. The lowest BCUT2D eigenvalue weighted by molar-refractivity contribution is 0.0296. The van der Waals surface area contributed by atoms with Crippen LogP contribution >= 0.6 is 0 Å². The summed E-state index contributed by atoms with van der Waals surface area (Å²) in [7, 11) is -1.86. The number of aromatic nitrogens is 4. The summed E-state index contributed by atoms with van der Waals surface area (Å²) in [6, 6.07) is -0.224. The van der Waals surface area contributed by atoms with E-state index in [0.29, 0.717) is 32.6 Å². The predicted octanol–water partition coefficient (Wildman–Crippen LogP) is 0.232. The quantitative estimate of drug-likeness (QED) is 0.776. The van der Waals surface area contributed by atoms with Gasteiger partial charge in [-0.25, -0.2) is 13.4 Å². The molecule has 1 atom stereocenters. The molecule has 0 N–H and O–H groups in total. The van der Waals surface area contributed by atoms with E-state index in [1.165, 1.54) is 16.8 Å². The van der Waals surface area contributed by atoms with Gasteiger partial charge in [0.05, 0.1) is 25.2 Å². The summed E-state index contributed by atoms with van der Waals surface area (Å²) in [5.74, 6) is 0. The highest BCUT2D eigenvalue weighted by Crippen LogP contribution is 2.21. The number of aryl methyl sites for hydroxylation is 2. The van der Waals surface area contributed by atoms with Gasteiger partial charge in [-0.1, -0.05) is 0 Å². The van der Waals surface area contributed by atoms with Crippen LogP contribution in [0.15, 0.2) is 36.1 Å². The Morgan fingerprint density at radius 2 is 2.22 bits per heavy atom. The maximum atomic E-state index is 12.8. The summed E-state index contributed by atoms with van der Waals surface area (Å²) in [6.45, 7) is 1.12. The van der Waals surface area contributed by atoms with E-state index in [-0.39, 0.29) is 11.1 Å². The molecule has 2 aromatic heterocycles. The number of sulfonamides is 1. The summed E-state index contributed by atoms with van der Waals surface area (Å²) in [5, 5.41) is 0.0754. The Kier molecular flexibility index (Phi) is 4.69. The van der Waals surface area contributed by atoms with E-state index in [1.54, 1.807) is 30.2 Å². The molecule has 3 rings (SSSR count). The van der Waals surface area contributed by atoms with Gasteiger partial charge in [-0.15, -0.1) is 0 Å². The zero-order valence-corrected chi connectivity index (χ0v) is 13.7. The van der Waals surface area contributed by atoms with Crippen LogP contribution in [-0.4, -0.2) is 58.0 Å². The Bertz CT molecular complexity index is 747. The van der Waals surface area contributed by atoms with Gasteiger partial charge in [0.2, 0.25) is 0 Å². The van der Waals surface area contributed by atoms with Crippen LogP contribution in [0.5, 0.6) is 0 Å². The van der Waals surface area contributed by atoms with Gasteiger partial charge in [0.15, 0.2) is 5.03 Å². The third kappa shape index (κ3) is 3.57. The SMILES string of the molecule is Cn1cnc(S(=O)(=O)N2CCOC[C@@H]2CCc2cnccn2)c1. The summed E-state index contributed by atoms with van der Waals surface area (Å²) in [5.41, 5.74) is 0.841. The van der Waals surface area contributed by atoms with Gasteiger partial charge in [0.25, 0.3) is 10.0 Å². The Labute approximate surface area is 135 Å². The number of morpholine rings is 1. The maximum absolute atomic E-state index is 12.8. The highest BCUT2D eigenvalue weighted by molar-refractivity contribution is 7.89. The largest absolute Gasteiger partial charge is 0.378 e. The van der Waals surface area contributed by atoms with Crippen LogP contribution in [0.3, 0.4) is 0 Å².